The number of hydrogen-bond donors (Lipinski definition) is 1. The van der Waals surface area contributed by atoms with E-state index in [0.29, 0.717) is 11.5 Å². The molecule has 6 heteroatoms. The van der Waals surface area contributed by atoms with Crippen molar-refractivity contribution >= 4 is 11.9 Å². The summed E-state index contributed by atoms with van der Waals surface area (Å²) in [4.78, 5) is 24.1. The summed E-state index contributed by atoms with van der Waals surface area (Å²) in [5.74, 6) is -0.573. The van der Waals surface area contributed by atoms with Gasteiger partial charge in [-0.1, -0.05) is 41.9 Å². The maximum Gasteiger partial charge on any atom is 0.344 e. The van der Waals surface area contributed by atoms with Gasteiger partial charge in [-0.3, -0.25) is 4.79 Å². The van der Waals surface area contributed by atoms with Crippen molar-refractivity contribution < 1.29 is 18.8 Å². The summed E-state index contributed by atoms with van der Waals surface area (Å²) in [5.41, 5.74) is 2.90. The number of aromatic nitrogens is 1. The lowest BCUT2D eigenvalue weighted by molar-refractivity contribution is -0.125. The third-order valence-corrected chi connectivity index (χ3v) is 3.80. The molecule has 1 N–H and O–H groups in total. The minimum absolute atomic E-state index is 0.115. The van der Waals surface area contributed by atoms with Crippen LogP contribution >= 0.6 is 0 Å². The number of ether oxygens (including phenoxy) is 1. The second-order valence-electron chi connectivity index (χ2n) is 5.71. The fourth-order valence-electron chi connectivity index (χ4n) is 2.43. The van der Waals surface area contributed by atoms with Crippen molar-refractivity contribution in [1.82, 2.24) is 10.5 Å². The van der Waals surface area contributed by atoms with Crippen LogP contribution in [0.3, 0.4) is 0 Å². The van der Waals surface area contributed by atoms with E-state index in [4.69, 9.17) is 9.26 Å². The van der Waals surface area contributed by atoms with E-state index in [1.165, 1.54) is 0 Å². The normalized spacial score (nSPS) is 11.8. The number of carbonyl (C=O) groups excluding carboxylic acids is 2. The number of carbonyl (C=O) groups is 2. The minimum Gasteiger partial charge on any atom is -0.452 e. The van der Waals surface area contributed by atoms with Crippen LogP contribution in [0.5, 0.6) is 0 Å². The maximum absolute atomic E-state index is 12.1. The SMILES string of the molecule is CC[C@H](NC(=O)COC(=O)c1c(C)noc1C)c1ccc(C)cc1. The molecule has 24 heavy (non-hydrogen) atoms. The first-order chi connectivity index (χ1) is 11.4. The molecule has 0 aliphatic heterocycles. The molecule has 1 amide bonds. The van der Waals surface area contributed by atoms with E-state index in [1.807, 2.05) is 38.1 Å². The molecule has 1 aromatic carbocycles. The Balaban J connectivity index is 1.92. The summed E-state index contributed by atoms with van der Waals surface area (Å²) in [6.07, 6.45) is 0.743. The molecule has 6 nitrogen and oxygen atoms in total. The fourth-order valence-corrected chi connectivity index (χ4v) is 2.43. The third kappa shape index (κ3) is 4.22. The summed E-state index contributed by atoms with van der Waals surface area (Å²) in [5, 5.41) is 6.57. The Labute approximate surface area is 141 Å². The van der Waals surface area contributed by atoms with E-state index in [0.717, 1.165) is 17.5 Å². The van der Waals surface area contributed by atoms with Crippen molar-refractivity contribution in [3.8, 4) is 0 Å². The molecule has 1 aromatic heterocycles. The second kappa shape index (κ2) is 7.77. The quantitative estimate of drug-likeness (QED) is 0.823. The van der Waals surface area contributed by atoms with Crippen molar-refractivity contribution in [2.45, 2.75) is 40.2 Å². The molecule has 0 spiro atoms. The Hall–Kier alpha value is -2.63. The highest BCUT2D eigenvalue weighted by molar-refractivity contribution is 5.93. The molecule has 128 valence electrons. The van der Waals surface area contributed by atoms with Crippen LogP contribution in [0.25, 0.3) is 0 Å². The average Bonchev–Trinajstić information content (AvgIpc) is 2.90. The van der Waals surface area contributed by atoms with Crippen LogP contribution in [-0.4, -0.2) is 23.6 Å². The van der Waals surface area contributed by atoms with Gasteiger partial charge in [0.15, 0.2) is 6.61 Å². The molecule has 1 atom stereocenters. The van der Waals surface area contributed by atoms with Crippen molar-refractivity contribution in [2.75, 3.05) is 6.61 Å². The number of amides is 1. The Morgan fingerprint density at radius 3 is 2.42 bits per heavy atom. The van der Waals surface area contributed by atoms with E-state index in [2.05, 4.69) is 10.5 Å². The van der Waals surface area contributed by atoms with E-state index >= 15 is 0 Å². The third-order valence-electron chi connectivity index (χ3n) is 3.80. The van der Waals surface area contributed by atoms with Gasteiger partial charge in [-0.2, -0.15) is 0 Å². The molecule has 0 aliphatic carbocycles. The van der Waals surface area contributed by atoms with Crippen LogP contribution in [-0.2, 0) is 9.53 Å². The number of nitrogens with one attached hydrogen (secondary N) is 1. The van der Waals surface area contributed by atoms with Crippen molar-refractivity contribution in [2.24, 2.45) is 0 Å². The van der Waals surface area contributed by atoms with Gasteiger partial charge in [0.25, 0.3) is 5.91 Å². The van der Waals surface area contributed by atoms with Gasteiger partial charge in [-0.15, -0.1) is 0 Å². The van der Waals surface area contributed by atoms with Crippen LogP contribution in [0.4, 0.5) is 0 Å². The molecular formula is C18H22N2O4. The smallest absolute Gasteiger partial charge is 0.344 e. The predicted octanol–water partition coefficient (Wildman–Crippen LogP) is 3.02. The van der Waals surface area contributed by atoms with E-state index in [1.54, 1.807) is 13.8 Å². The van der Waals surface area contributed by atoms with Crippen LogP contribution in [0.2, 0.25) is 0 Å². The first-order valence-electron chi connectivity index (χ1n) is 7.88. The molecule has 0 radical (unpaired) electrons. The van der Waals surface area contributed by atoms with Crippen LogP contribution in [0.15, 0.2) is 28.8 Å². The summed E-state index contributed by atoms with van der Waals surface area (Å²) in [7, 11) is 0. The average molecular weight is 330 g/mol. The van der Waals surface area contributed by atoms with Gasteiger partial charge >= 0.3 is 5.97 Å². The number of esters is 1. The monoisotopic (exact) mass is 330 g/mol. The van der Waals surface area contributed by atoms with Gasteiger partial charge in [0.05, 0.1) is 11.7 Å². The summed E-state index contributed by atoms with van der Waals surface area (Å²) < 4.78 is 9.98. The predicted molar refractivity (Wildman–Crippen MR) is 88.6 cm³/mol. The highest BCUT2D eigenvalue weighted by Gasteiger charge is 2.20. The molecular weight excluding hydrogens is 308 g/mol. The summed E-state index contributed by atoms with van der Waals surface area (Å²) >= 11 is 0. The van der Waals surface area contributed by atoms with E-state index in [9.17, 15) is 9.59 Å². The van der Waals surface area contributed by atoms with E-state index < -0.39 is 5.97 Å². The van der Waals surface area contributed by atoms with Crippen molar-refractivity contribution in [3.63, 3.8) is 0 Å². The molecule has 0 bridgehead atoms. The number of nitrogens with zero attached hydrogens (tertiary/aromatic N) is 1. The number of aryl methyl sites for hydroxylation is 3. The maximum atomic E-state index is 12.1. The standard InChI is InChI=1S/C18H22N2O4/c1-5-15(14-8-6-11(2)7-9-14)19-16(21)10-23-18(22)17-12(3)20-24-13(17)4/h6-9,15H,5,10H2,1-4H3,(H,19,21)/t15-/m0/s1. The molecule has 2 aromatic rings. The molecule has 0 aliphatic rings. The first kappa shape index (κ1) is 17.7. The van der Waals surface area contributed by atoms with Gasteiger partial charge in [0, 0.05) is 0 Å². The summed E-state index contributed by atoms with van der Waals surface area (Å²) in [6, 6.07) is 7.86. The molecule has 2 rings (SSSR count). The molecule has 0 saturated carbocycles. The zero-order valence-corrected chi connectivity index (χ0v) is 14.4. The van der Waals surface area contributed by atoms with Gasteiger partial charge in [0.2, 0.25) is 0 Å². The Morgan fingerprint density at radius 1 is 1.21 bits per heavy atom. The number of hydrogen-bond acceptors (Lipinski definition) is 5. The topological polar surface area (TPSA) is 81.4 Å². The molecule has 0 fully saturated rings. The Kier molecular flexibility index (Phi) is 5.73. The minimum atomic E-state index is -0.607. The van der Waals surface area contributed by atoms with Crippen molar-refractivity contribution in [1.29, 1.82) is 0 Å². The van der Waals surface area contributed by atoms with Gasteiger partial charge < -0.3 is 14.6 Å². The van der Waals surface area contributed by atoms with Gasteiger partial charge in [-0.25, -0.2) is 4.79 Å². The van der Waals surface area contributed by atoms with E-state index in [-0.39, 0.29) is 24.1 Å². The second-order valence-corrected chi connectivity index (χ2v) is 5.71. The first-order valence-corrected chi connectivity index (χ1v) is 7.88. The van der Waals surface area contributed by atoms with Crippen LogP contribution < -0.4 is 5.32 Å². The Morgan fingerprint density at radius 2 is 1.88 bits per heavy atom. The number of benzene rings is 1. The lowest BCUT2D eigenvalue weighted by Gasteiger charge is -2.17. The van der Waals surface area contributed by atoms with Crippen LogP contribution in [0.1, 0.15) is 52.3 Å². The molecule has 1 heterocycles. The van der Waals surface area contributed by atoms with Gasteiger partial charge in [0.1, 0.15) is 11.3 Å². The lowest BCUT2D eigenvalue weighted by atomic mass is 10.0. The van der Waals surface area contributed by atoms with Crippen molar-refractivity contribution in [3.05, 3.63) is 52.4 Å². The zero-order valence-electron chi connectivity index (χ0n) is 14.4. The van der Waals surface area contributed by atoms with Gasteiger partial charge in [-0.05, 0) is 32.8 Å². The molecule has 0 unspecified atom stereocenters. The summed E-state index contributed by atoms with van der Waals surface area (Å²) in [6.45, 7) is 6.93. The highest BCUT2D eigenvalue weighted by Crippen LogP contribution is 2.17. The Bertz CT molecular complexity index is 700. The highest BCUT2D eigenvalue weighted by atomic mass is 16.5. The molecule has 0 saturated heterocycles. The zero-order chi connectivity index (χ0) is 17.7. The fraction of sp³-hybridized carbons (Fsp3) is 0.389. The largest absolute Gasteiger partial charge is 0.452 e. The number of rotatable bonds is 6. The van der Waals surface area contributed by atoms with Crippen LogP contribution in [0, 0.1) is 20.8 Å². The lowest BCUT2D eigenvalue weighted by Crippen LogP contribution is -2.32.